The molecule has 4 aromatic rings. The van der Waals surface area contributed by atoms with Crippen LogP contribution in [-0.4, -0.2) is 39.1 Å². The maximum absolute atomic E-state index is 12.9. The molecule has 1 saturated heterocycles. The van der Waals surface area contributed by atoms with Gasteiger partial charge in [0.2, 0.25) is 0 Å². The number of aryl methyl sites for hydroxylation is 1. The number of fused-ring (bicyclic) bond motifs is 1. The Bertz CT molecular complexity index is 1160. The van der Waals surface area contributed by atoms with Gasteiger partial charge >= 0.3 is 0 Å². The molecule has 1 amide bonds. The molecule has 140 valence electrons. The van der Waals surface area contributed by atoms with E-state index in [9.17, 15) is 4.79 Å². The van der Waals surface area contributed by atoms with Gasteiger partial charge in [0.05, 0.1) is 10.7 Å². The smallest absolute Gasteiger partial charge is 0.271 e. The van der Waals surface area contributed by atoms with Crippen LogP contribution in [-0.2, 0) is 0 Å². The summed E-state index contributed by atoms with van der Waals surface area (Å²) in [5.74, 6) is 0.348. The highest BCUT2D eigenvalue weighted by Gasteiger charge is 2.30. The summed E-state index contributed by atoms with van der Waals surface area (Å²) in [4.78, 5) is 19.4. The average molecular weight is 388 g/mol. The maximum Gasteiger partial charge on any atom is 0.271 e. The number of H-pyrrole nitrogens is 1. The molecule has 2 aromatic heterocycles. The van der Waals surface area contributed by atoms with Crippen LogP contribution in [0.3, 0.4) is 0 Å². The summed E-state index contributed by atoms with van der Waals surface area (Å²) in [5, 5.41) is 12.9. The van der Waals surface area contributed by atoms with E-state index in [4.69, 9.17) is 0 Å². The molecule has 0 spiro atoms. The molecular weight excluding hydrogens is 368 g/mol. The minimum absolute atomic E-state index is 0.00955. The Kier molecular flexibility index (Phi) is 4.20. The molecule has 1 N–H and O–H groups in total. The lowest BCUT2D eigenvalue weighted by Crippen LogP contribution is -2.28. The molecular formula is C22H20N4OS. The van der Waals surface area contributed by atoms with E-state index >= 15 is 0 Å². The number of aromatic amines is 1. The number of hydrogen-bond acceptors (Lipinski definition) is 4. The summed E-state index contributed by atoms with van der Waals surface area (Å²) in [5.41, 5.74) is 3.39. The van der Waals surface area contributed by atoms with Gasteiger partial charge in [-0.2, -0.15) is 5.10 Å². The third-order valence-electron chi connectivity index (χ3n) is 5.31. The SMILES string of the molecule is Cc1csc(C2CCN(C(=O)c3cc(-c4ccc5ccccc5c4)n[nH]3)C2)n1. The average Bonchev–Trinajstić information content (AvgIpc) is 3.47. The zero-order valence-electron chi connectivity index (χ0n) is 15.6. The van der Waals surface area contributed by atoms with Gasteiger partial charge in [0.25, 0.3) is 5.91 Å². The van der Waals surface area contributed by atoms with E-state index in [2.05, 4.69) is 44.8 Å². The van der Waals surface area contributed by atoms with Crippen molar-refractivity contribution in [1.82, 2.24) is 20.1 Å². The van der Waals surface area contributed by atoms with Gasteiger partial charge in [-0.3, -0.25) is 9.89 Å². The van der Waals surface area contributed by atoms with Crippen LogP contribution in [0.15, 0.2) is 53.9 Å². The lowest BCUT2D eigenvalue weighted by atomic mass is 10.1. The fourth-order valence-electron chi connectivity index (χ4n) is 3.80. The quantitative estimate of drug-likeness (QED) is 0.557. The molecule has 28 heavy (non-hydrogen) atoms. The number of aromatic nitrogens is 3. The molecule has 1 aliphatic heterocycles. The van der Waals surface area contributed by atoms with Crippen molar-refractivity contribution in [2.45, 2.75) is 19.3 Å². The monoisotopic (exact) mass is 388 g/mol. The van der Waals surface area contributed by atoms with E-state index in [0.29, 0.717) is 11.6 Å². The van der Waals surface area contributed by atoms with E-state index in [1.165, 1.54) is 5.39 Å². The summed E-state index contributed by atoms with van der Waals surface area (Å²) < 4.78 is 0. The zero-order valence-corrected chi connectivity index (χ0v) is 16.4. The van der Waals surface area contributed by atoms with Crippen LogP contribution in [0.5, 0.6) is 0 Å². The standard InChI is InChI=1S/C22H20N4OS/c1-14-13-28-21(23-14)18-8-9-26(12-18)22(27)20-11-19(24-25-20)17-7-6-15-4-2-3-5-16(15)10-17/h2-7,10-11,13,18H,8-9,12H2,1H3,(H,24,25). The number of amides is 1. The molecule has 0 bridgehead atoms. The number of nitrogens with one attached hydrogen (secondary N) is 1. The fourth-order valence-corrected chi connectivity index (χ4v) is 4.73. The molecule has 3 heterocycles. The van der Waals surface area contributed by atoms with Gasteiger partial charge in [0.1, 0.15) is 5.69 Å². The molecule has 0 saturated carbocycles. The maximum atomic E-state index is 12.9. The van der Waals surface area contributed by atoms with Crippen molar-refractivity contribution < 1.29 is 4.79 Å². The Morgan fingerprint density at radius 2 is 2.04 bits per heavy atom. The molecule has 1 atom stereocenters. The number of rotatable bonds is 3. The van der Waals surface area contributed by atoms with Gasteiger partial charge < -0.3 is 4.90 Å². The summed E-state index contributed by atoms with van der Waals surface area (Å²) in [6.07, 6.45) is 0.963. The van der Waals surface area contributed by atoms with Crippen LogP contribution in [0.4, 0.5) is 0 Å². The van der Waals surface area contributed by atoms with E-state index in [0.717, 1.165) is 46.9 Å². The van der Waals surface area contributed by atoms with Gasteiger partial charge in [-0.25, -0.2) is 4.98 Å². The van der Waals surface area contributed by atoms with Gasteiger partial charge in [-0.1, -0.05) is 36.4 Å². The van der Waals surface area contributed by atoms with Crippen molar-refractivity contribution in [2.75, 3.05) is 13.1 Å². The normalized spacial score (nSPS) is 16.8. The number of nitrogens with zero attached hydrogens (tertiary/aromatic N) is 3. The van der Waals surface area contributed by atoms with E-state index in [-0.39, 0.29) is 5.91 Å². The van der Waals surface area contributed by atoms with E-state index in [1.54, 1.807) is 11.3 Å². The topological polar surface area (TPSA) is 61.9 Å². The lowest BCUT2D eigenvalue weighted by molar-refractivity contribution is 0.0785. The van der Waals surface area contributed by atoms with Crippen LogP contribution in [0.2, 0.25) is 0 Å². The van der Waals surface area contributed by atoms with Crippen molar-refractivity contribution in [3.63, 3.8) is 0 Å². The summed E-state index contributed by atoms with van der Waals surface area (Å²) in [6.45, 7) is 3.49. The molecule has 5 nitrogen and oxygen atoms in total. The fraction of sp³-hybridized carbons (Fsp3) is 0.227. The first-order valence-corrected chi connectivity index (χ1v) is 10.3. The molecule has 1 fully saturated rings. The van der Waals surface area contributed by atoms with Gasteiger partial charge in [-0.05, 0) is 36.2 Å². The summed E-state index contributed by atoms with van der Waals surface area (Å²) >= 11 is 1.69. The van der Waals surface area contributed by atoms with Crippen LogP contribution < -0.4 is 0 Å². The Labute approximate surface area is 167 Å². The second kappa shape index (κ2) is 6.87. The Morgan fingerprint density at radius 3 is 2.86 bits per heavy atom. The number of carbonyl (C=O) groups excluding carboxylic acids is 1. The number of hydrogen-bond donors (Lipinski definition) is 1. The Hall–Kier alpha value is -2.99. The zero-order chi connectivity index (χ0) is 19.1. The molecule has 0 radical (unpaired) electrons. The third-order valence-corrected chi connectivity index (χ3v) is 6.44. The van der Waals surface area contributed by atoms with Crippen molar-refractivity contribution in [2.24, 2.45) is 0 Å². The van der Waals surface area contributed by atoms with Crippen molar-refractivity contribution in [3.05, 3.63) is 70.3 Å². The molecule has 2 aromatic carbocycles. The molecule has 0 aliphatic carbocycles. The number of thiazole rings is 1. The highest BCUT2D eigenvalue weighted by atomic mass is 32.1. The molecule has 1 aliphatic rings. The third kappa shape index (κ3) is 3.10. The number of carbonyl (C=O) groups is 1. The van der Waals surface area contributed by atoms with Crippen LogP contribution in [0.1, 0.15) is 33.5 Å². The summed E-state index contributed by atoms with van der Waals surface area (Å²) in [7, 11) is 0. The molecule has 5 rings (SSSR count). The second-order valence-corrected chi connectivity index (χ2v) is 8.18. The first-order chi connectivity index (χ1) is 13.7. The minimum atomic E-state index is 0.00955. The first kappa shape index (κ1) is 17.1. The lowest BCUT2D eigenvalue weighted by Gasteiger charge is -2.14. The van der Waals surface area contributed by atoms with Crippen LogP contribution in [0, 0.1) is 6.92 Å². The minimum Gasteiger partial charge on any atom is -0.337 e. The van der Waals surface area contributed by atoms with Crippen LogP contribution >= 0.6 is 11.3 Å². The predicted octanol–water partition coefficient (Wildman–Crippen LogP) is 4.62. The van der Waals surface area contributed by atoms with Crippen molar-refractivity contribution in [1.29, 1.82) is 0 Å². The first-order valence-electron chi connectivity index (χ1n) is 9.43. The Morgan fingerprint density at radius 1 is 1.18 bits per heavy atom. The van der Waals surface area contributed by atoms with E-state index in [1.807, 2.05) is 36.1 Å². The predicted molar refractivity (Wildman–Crippen MR) is 112 cm³/mol. The van der Waals surface area contributed by atoms with Gasteiger partial charge in [-0.15, -0.1) is 11.3 Å². The molecule has 1 unspecified atom stereocenters. The highest BCUT2D eigenvalue weighted by molar-refractivity contribution is 7.09. The van der Waals surface area contributed by atoms with E-state index < -0.39 is 0 Å². The molecule has 6 heteroatoms. The number of likely N-dealkylation sites (tertiary alicyclic amines) is 1. The van der Waals surface area contributed by atoms with Crippen LogP contribution in [0.25, 0.3) is 22.0 Å². The Balaban J connectivity index is 1.34. The number of benzene rings is 2. The van der Waals surface area contributed by atoms with Crippen molar-refractivity contribution in [3.8, 4) is 11.3 Å². The van der Waals surface area contributed by atoms with Gasteiger partial charge in [0, 0.05) is 35.6 Å². The van der Waals surface area contributed by atoms with Crippen molar-refractivity contribution >= 4 is 28.0 Å². The largest absolute Gasteiger partial charge is 0.337 e. The highest BCUT2D eigenvalue weighted by Crippen LogP contribution is 2.30. The second-order valence-electron chi connectivity index (χ2n) is 7.29. The van der Waals surface area contributed by atoms with Gasteiger partial charge in [0.15, 0.2) is 0 Å². The summed E-state index contributed by atoms with van der Waals surface area (Å²) in [6, 6.07) is 16.3.